The normalized spacial score (nSPS) is 12.7. The second-order valence-electron chi connectivity index (χ2n) is 6.43. The number of aliphatic carboxylic acids is 2. The zero-order valence-electron chi connectivity index (χ0n) is 15.4. The van der Waals surface area contributed by atoms with E-state index in [9.17, 15) is 24.6 Å². The second kappa shape index (κ2) is 10.8. The molecule has 0 spiro atoms. The monoisotopic (exact) mass is 384 g/mol. The van der Waals surface area contributed by atoms with Crippen LogP contribution in [0.25, 0.3) is 0 Å². The van der Waals surface area contributed by atoms with Crippen molar-refractivity contribution in [3.05, 3.63) is 71.8 Å². The lowest BCUT2D eigenvalue weighted by molar-refractivity contribution is -0.141. The number of nitrogens with one attached hydrogen (secondary N) is 2. The Hall–Kier alpha value is -3.19. The summed E-state index contributed by atoms with van der Waals surface area (Å²) in [5.41, 5.74) is 1.68. The van der Waals surface area contributed by atoms with Gasteiger partial charge < -0.3 is 20.8 Å². The van der Waals surface area contributed by atoms with Gasteiger partial charge in [0.2, 0.25) is 5.91 Å². The van der Waals surface area contributed by atoms with Crippen LogP contribution in [0.4, 0.5) is 0 Å². The molecule has 1 amide bonds. The number of rotatable bonds is 11. The van der Waals surface area contributed by atoms with Crippen molar-refractivity contribution in [1.29, 1.82) is 0 Å². The summed E-state index contributed by atoms with van der Waals surface area (Å²) >= 11 is 0. The van der Waals surface area contributed by atoms with Gasteiger partial charge in [-0.05, 0) is 17.5 Å². The van der Waals surface area contributed by atoms with E-state index in [1.165, 1.54) is 0 Å². The summed E-state index contributed by atoms with van der Waals surface area (Å²) in [6.45, 7) is 0.132. The quantitative estimate of drug-likeness (QED) is 0.466. The van der Waals surface area contributed by atoms with Crippen LogP contribution < -0.4 is 10.6 Å². The molecule has 0 aliphatic rings. The molecule has 4 N–H and O–H groups in total. The Balaban J connectivity index is 1.82. The lowest BCUT2D eigenvalue weighted by Crippen LogP contribution is -2.44. The van der Waals surface area contributed by atoms with Gasteiger partial charge in [0.1, 0.15) is 12.1 Å². The lowest BCUT2D eigenvalue weighted by atomic mass is 10.1. The third-order valence-electron chi connectivity index (χ3n) is 4.24. The van der Waals surface area contributed by atoms with Gasteiger partial charge in [-0.3, -0.25) is 9.59 Å². The first-order chi connectivity index (χ1) is 13.5. The maximum absolute atomic E-state index is 12.1. The smallest absolute Gasteiger partial charge is 0.326 e. The van der Waals surface area contributed by atoms with Gasteiger partial charge in [0, 0.05) is 19.4 Å². The molecule has 2 aromatic carbocycles. The number of carboxylic acid groups (broad SMARTS) is 2. The number of amides is 1. The van der Waals surface area contributed by atoms with Gasteiger partial charge in [0.25, 0.3) is 0 Å². The number of hydrogen-bond acceptors (Lipinski definition) is 4. The molecular weight excluding hydrogens is 360 g/mol. The van der Waals surface area contributed by atoms with Crippen molar-refractivity contribution >= 4 is 17.8 Å². The number of carbonyl (C=O) groups is 3. The third kappa shape index (κ3) is 7.20. The molecule has 2 rings (SSSR count). The summed E-state index contributed by atoms with van der Waals surface area (Å²) in [6.07, 6.45) is 0.460. The fourth-order valence-electron chi connectivity index (χ4n) is 2.77. The Bertz CT molecular complexity index is 780. The molecule has 0 saturated carbocycles. The highest BCUT2D eigenvalue weighted by Gasteiger charge is 2.21. The fourth-order valence-corrected chi connectivity index (χ4v) is 2.77. The van der Waals surface area contributed by atoms with Crippen molar-refractivity contribution in [1.82, 2.24) is 10.6 Å². The van der Waals surface area contributed by atoms with Crippen molar-refractivity contribution in [2.24, 2.45) is 0 Å². The molecule has 0 aliphatic heterocycles. The van der Waals surface area contributed by atoms with Crippen LogP contribution in [-0.2, 0) is 27.2 Å². The minimum atomic E-state index is -1.11. The highest BCUT2D eigenvalue weighted by Crippen LogP contribution is 2.05. The van der Waals surface area contributed by atoms with E-state index in [0.29, 0.717) is 6.42 Å². The van der Waals surface area contributed by atoms with Crippen LogP contribution in [0.2, 0.25) is 0 Å². The summed E-state index contributed by atoms with van der Waals surface area (Å²) in [6, 6.07) is 16.4. The molecule has 28 heavy (non-hydrogen) atoms. The van der Waals surface area contributed by atoms with E-state index in [2.05, 4.69) is 10.6 Å². The lowest BCUT2D eigenvalue weighted by Gasteiger charge is -2.17. The molecule has 0 fully saturated rings. The van der Waals surface area contributed by atoms with Crippen molar-refractivity contribution < 1.29 is 24.6 Å². The Morgan fingerprint density at radius 3 is 1.68 bits per heavy atom. The molecular formula is C21H24N2O5. The number of benzene rings is 2. The summed E-state index contributed by atoms with van der Waals surface area (Å²) in [5.74, 6) is -2.56. The molecule has 0 heterocycles. The number of hydrogen-bond donors (Lipinski definition) is 4. The van der Waals surface area contributed by atoms with Crippen LogP contribution >= 0.6 is 0 Å². The Kier molecular flexibility index (Phi) is 8.17. The molecule has 0 saturated heterocycles. The highest BCUT2D eigenvalue weighted by molar-refractivity contribution is 5.84. The van der Waals surface area contributed by atoms with Crippen LogP contribution in [0.15, 0.2) is 60.7 Å². The molecule has 2 atom stereocenters. The maximum Gasteiger partial charge on any atom is 0.326 e. The van der Waals surface area contributed by atoms with E-state index >= 15 is 0 Å². The zero-order valence-corrected chi connectivity index (χ0v) is 15.4. The zero-order chi connectivity index (χ0) is 20.4. The topological polar surface area (TPSA) is 116 Å². The summed E-state index contributed by atoms with van der Waals surface area (Å²) in [7, 11) is 0. The standard InChI is InChI=1S/C21H24N2O5/c24-19(23-18(21(27)28)14-16-9-5-2-6-10-16)11-12-22-17(20(25)26)13-15-7-3-1-4-8-15/h1-10,17-18,22H,11-14H2,(H,23,24)(H,25,26)(H,27,28). The Morgan fingerprint density at radius 1 is 0.750 bits per heavy atom. The first-order valence-corrected chi connectivity index (χ1v) is 9.02. The molecule has 2 aromatic rings. The van der Waals surface area contributed by atoms with Crippen LogP contribution in [0.1, 0.15) is 17.5 Å². The van der Waals surface area contributed by atoms with Crippen molar-refractivity contribution in [3.63, 3.8) is 0 Å². The molecule has 7 heteroatoms. The average Bonchev–Trinajstić information content (AvgIpc) is 2.68. The molecule has 0 bridgehead atoms. The fraction of sp³-hybridized carbons (Fsp3) is 0.286. The molecule has 148 valence electrons. The first kappa shape index (κ1) is 21.1. The minimum Gasteiger partial charge on any atom is -0.480 e. The number of carbonyl (C=O) groups excluding carboxylic acids is 1. The maximum atomic E-state index is 12.1. The van der Waals surface area contributed by atoms with Crippen LogP contribution in [0, 0.1) is 0 Å². The summed E-state index contributed by atoms with van der Waals surface area (Å²) in [5, 5.41) is 24.0. The highest BCUT2D eigenvalue weighted by atomic mass is 16.4. The minimum absolute atomic E-state index is 0.0167. The van der Waals surface area contributed by atoms with E-state index in [4.69, 9.17) is 0 Å². The van der Waals surface area contributed by atoms with Crippen molar-refractivity contribution in [2.45, 2.75) is 31.3 Å². The van der Waals surface area contributed by atoms with Gasteiger partial charge in [0.05, 0.1) is 0 Å². The van der Waals surface area contributed by atoms with Crippen molar-refractivity contribution in [3.8, 4) is 0 Å². The van der Waals surface area contributed by atoms with Gasteiger partial charge in [0.15, 0.2) is 0 Å². The summed E-state index contributed by atoms with van der Waals surface area (Å²) < 4.78 is 0. The number of carboxylic acids is 2. The average molecular weight is 384 g/mol. The van der Waals surface area contributed by atoms with Gasteiger partial charge in [-0.25, -0.2) is 4.79 Å². The first-order valence-electron chi connectivity index (χ1n) is 9.02. The van der Waals surface area contributed by atoms with Crippen molar-refractivity contribution in [2.75, 3.05) is 6.54 Å². The molecule has 7 nitrogen and oxygen atoms in total. The van der Waals surface area contributed by atoms with Crippen LogP contribution in [0.3, 0.4) is 0 Å². The largest absolute Gasteiger partial charge is 0.480 e. The van der Waals surface area contributed by atoms with E-state index < -0.39 is 29.9 Å². The van der Waals surface area contributed by atoms with Gasteiger partial charge in [-0.15, -0.1) is 0 Å². The van der Waals surface area contributed by atoms with E-state index in [1.54, 1.807) is 24.3 Å². The Labute approximate surface area is 163 Å². The predicted octanol–water partition coefficient (Wildman–Crippen LogP) is 1.47. The summed E-state index contributed by atoms with van der Waals surface area (Å²) in [4.78, 5) is 34.9. The third-order valence-corrected chi connectivity index (χ3v) is 4.24. The SMILES string of the molecule is O=C(CCNC(Cc1ccccc1)C(=O)O)NC(Cc1ccccc1)C(=O)O. The van der Waals surface area contributed by atoms with Gasteiger partial charge >= 0.3 is 11.9 Å². The van der Waals surface area contributed by atoms with E-state index in [0.717, 1.165) is 11.1 Å². The second-order valence-corrected chi connectivity index (χ2v) is 6.43. The van der Waals surface area contributed by atoms with E-state index in [-0.39, 0.29) is 19.4 Å². The van der Waals surface area contributed by atoms with Gasteiger partial charge in [-0.1, -0.05) is 60.7 Å². The molecule has 0 aromatic heterocycles. The Morgan fingerprint density at radius 2 is 1.21 bits per heavy atom. The van der Waals surface area contributed by atoms with Gasteiger partial charge in [-0.2, -0.15) is 0 Å². The molecule has 0 radical (unpaired) electrons. The predicted molar refractivity (Wildman–Crippen MR) is 104 cm³/mol. The van der Waals surface area contributed by atoms with Crippen LogP contribution in [0.5, 0.6) is 0 Å². The molecule has 0 aliphatic carbocycles. The van der Waals surface area contributed by atoms with Crippen LogP contribution in [-0.4, -0.2) is 46.7 Å². The molecule has 2 unspecified atom stereocenters. The van der Waals surface area contributed by atoms with E-state index in [1.807, 2.05) is 36.4 Å².